The van der Waals surface area contributed by atoms with Crippen LogP contribution in [0.2, 0.25) is 0 Å². The monoisotopic (exact) mass is 226 g/mol. The molecule has 2 aromatic carbocycles. The van der Waals surface area contributed by atoms with Crippen LogP contribution in [0, 0.1) is 20.8 Å². The summed E-state index contributed by atoms with van der Waals surface area (Å²) in [6.07, 6.45) is 0. The Kier molecular flexibility index (Phi) is 3.25. The van der Waals surface area contributed by atoms with Crippen LogP contribution >= 0.6 is 0 Å². The predicted molar refractivity (Wildman–Crippen MR) is 74.9 cm³/mol. The fourth-order valence-corrected chi connectivity index (χ4v) is 3.94. The third-order valence-corrected chi connectivity index (χ3v) is 5.65. The van der Waals surface area contributed by atoms with E-state index in [1.807, 2.05) is 0 Å². The lowest BCUT2D eigenvalue weighted by molar-refractivity contribution is 1.33. The fraction of sp³-hybridized carbons (Fsp3) is 0.200. The third kappa shape index (κ3) is 2.25. The molecule has 0 aliphatic heterocycles. The molecular formula is C15H18Si. The molecule has 16 heavy (non-hydrogen) atoms. The van der Waals surface area contributed by atoms with Crippen LogP contribution < -0.4 is 10.4 Å². The van der Waals surface area contributed by atoms with Crippen LogP contribution in [-0.4, -0.2) is 9.52 Å². The van der Waals surface area contributed by atoms with Gasteiger partial charge in [-0.05, 0) is 31.9 Å². The van der Waals surface area contributed by atoms with E-state index >= 15 is 0 Å². The van der Waals surface area contributed by atoms with Crippen molar-refractivity contribution in [1.29, 1.82) is 0 Å². The molecule has 0 nitrogen and oxygen atoms in total. The van der Waals surface area contributed by atoms with E-state index in [1.54, 1.807) is 5.19 Å². The average molecular weight is 226 g/mol. The zero-order chi connectivity index (χ0) is 11.5. The van der Waals surface area contributed by atoms with E-state index in [4.69, 9.17) is 0 Å². The molecule has 0 aliphatic carbocycles. The minimum Gasteiger partial charge on any atom is -0.0633 e. The summed E-state index contributed by atoms with van der Waals surface area (Å²) in [5, 5.41) is 3.14. The van der Waals surface area contributed by atoms with Crippen molar-refractivity contribution in [3.63, 3.8) is 0 Å². The summed E-state index contributed by atoms with van der Waals surface area (Å²) in [7, 11) is -0.313. The van der Waals surface area contributed by atoms with E-state index in [0.29, 0.717) is 0 Å². The summed E-state index contributed by atoms with van der Waals surface area (Å²) in [4.78, 5) is 0. The lowest BCUT2D eigenvalue weighted by Gasteiger charge is -2.12. The molecule has 0 fully saturated rings. The van der Waals surface area contributed by atoms with Crippen LogP contribution in [0.3, 0.4) is 0 Å². The summed E-state index contributed by atoms with van der Waals surface area (Å²) in [6, 6.07) is 15.4. The molecule has 0 aromatic heterocycles. The molecule has 0 heterocycles. The van der Waals surface area contributed by atoms with E-state index in [1.165, 1.54) is 21.9 Å². The van der Waals surface area contributed by atoms with Crippen molar-refractivity contribution in [3.05, 3.63) is 59.2 Å². The highest BCUT2D eigenvalue weighted by molar-refractivity contribution is 6.68. The summed E-state index contributed by atoms with van der Waals surface area (Å²) in [6.45, 7) is 6.70. The van der Waals surface area contributed by atoms with Gasteiger partial charge in [0.2, 0.25) is 0 Å². The topological polar surface area (TPSA) is 0 Å². The molecule has 0 atom stereocenters. The van der Waals surface area contributed by atoms with E-state index in [9.17, 15) is 0 Å². The first-order valence-electron chi connectivity index (χ1n) is 5.78. The van der Waals surface area contributed by atoms with Gasteiger partial charge in [-0.15, -0.1) is 0 Å². The smallest absolute Gasteiger partial charge is 0.0633 e. The summed E-state index contributed by atoms with van der Waals surface area (Å²) < 4.78 is 0. The van der Waals surface area contributed by atoms with Crippen molar-refractivity contribution in [1.82, 2.24) is 0 Å². The summed E-state index contributed by atoms with van der Waals surface area (Å²) in [5.41, 5.74) is 4.37. The highest BCUT2D eigenvalue weighted by atomic mass is 28.2. The standard InChI is InChI=1S/C15H18Si/c1-11-9-10-12(2)15(13(11)3)16-14-7-5-4-6-8-14/h4-10H,16H2,1-3H3. The van der Waals surface area contributed by atoms with Crippen LogP contribution in [0.4, 0.5) is 0 Å². The molecule has 0 radical (unpaired) electrons. The lowest BCUT2D eigenvalue weighted by Crippen LogP contribution is -2.31. The van der Waals surface area contributed by atoms with Crippen molar-refractivity contribution in [3.8, 4) is 0 Å². The summed E-state index contributed by atoms with van der Waals surface area (Å²) in [5.74, 6) is 0. The second-order valence-electron chi connectivity index (χ2n) is 4.47. The third-order valence-electron chi connectivity index (χ3n) is 3.33. The van der Waals surface area contributed by atoms with Gasteiger partial charge in [0.1, 0.15) is 0 Å². The Hall–Kier alpha value is -1.34. The van der Waals surface area contributed by atoms with Crippen molar-refractivity contribution < 1.29 is 0 Å². The van der Waals surface area contributed by atoms with Gasteiger partial charge in [0, 0.05) is 0 Å². The zero-order valence-electron chi connectivity index (χ0n) is 10.2. The SMILES string of the molecule is Cc1ccc(C)c([SiH2]c2ccccc2)c1C. The van der Waals surface area contributed by atoms with Gasteiger partial charge in [0.05, 0.1) is 9.52 Å². The van der Waals surface area contributed by atoms with Gasteiger partial charge >= 0.3 is 0 Å². The normalized spacial score (nSPS) is 11.2. The maximum absolute atomic E-state index is 2.26. The number of rotatable bonds is 2. The zero-order valence-corrected chi connectivity index (χ0v) is 11.7. The number of hydrogen-bond acceptors (Lipinski definition) is 0. The number of benzene rings is 2. The molecule has 0 bridgehead atoms. The Morgan fingerprint density at radius 3 is 2.06 bits per heavy atom. The van der Waals surface area contributed by atoms with Crippen LogP contribution in [0.5, 0.6) is 0 Å². The minimum atomic E-state index is -0.313. The molecule has 2 aromatic rings. The van der Waals surface area contributed by atoms with E-state index in [2.05, 4.69) is 63.2 Å². The Balaban J connectivity index is 2.38. The molecule has 0 saturated heterocycles. The molecule has 0 unspecified atom stereocenters. The fourth-order valence-electron chi connectivity index (χ4n) is 2.08. The Labute approximate surface area is 100 Å². The first-order valence-corrected chi connectivity index (χ1v) is 7.19. The Morgan fingerprint density at radius 1 is 0.750 bits per heavy atom. The van der Waals surface area contributed by atoms with Gasteiger partial charge in [-0.25, -0.2) is 0 Å². The highest BCUT2D eigenvalue weighted by Gasteiger charge is 2.06. The van der Waals surface area contributed by atoms with Gasteiger partial charge in [-0.3, -0.25) is 0 Å². The number of hydrogen-bond donors (Lipinski definition) is 0. The van der Waals surface area contributed by atoms with Crippen LogP contribution in [-0.2, 0) is 0 Å². The predicted octanol–water partition coefficient (Wildman–Crippen LogP) is 1.73. The average Bonchev–Trinajstić information content (AvgIpc) is 2.31. The van der Waals surface area contributed by atoms with Crippen molar-refractivity contribution in [2.75, 3.05) is 0 Å². The van der Waals surface area contributed by atoms with Gasteiger partial charge < -0.3 is 0 Å². The van der Waals surface area contributed by atoms with Crippen LogP contribution in [0.1, 0.15) is 16.7 Å². The highest BCUT2D eigenvalue weighted by Crippen LogP contribution is 2.06. The first-order chi connectivity index (χ1) is 7.68. The molecule has 82 valence electrons. The first kappa shape index (κ1) is 11.2. The molecule has 0 N–H and O–H groups in total. The van der Waals surface area contributed by atoms with Gasteiger partial charge in [-0.1, -0.05) is 58.4 Å². The quantitative estimate of drug-likeness (QED) is 0.684. The van der Waals surface area contributed by atoms with Gasteiger partial charge in [0.15, 0.2) is 0 Å². The molecule has 0 amide bonds. The number of aryl methyl sites for hydroxylation is 2. The van der Waals surface area contributed by atoms with E-state index in [0.717, 1.165) is 0 Å². The molecule has 2 rings (SSSR count). The molecule has 0 aliphatic rings. The molecular weight excluding hydrogens is 208 g/mol. The maximum atomic E-state index is 2.26. The van der Waals surface area contributed by atoms with Crippen LogP contribution in [0.25, 0.3) is 0 Å². The second-order valence-corrected chi connectivity index (χ2v) is 6.34. The van der Waals surface area contributed by atoms with E-state index < -0.39 is 0 Å². The minimum absolute atomic E-state index is 0.313. The van der Waals surface area contributed by atoms with Gasteiger partial charge in [0.25, 0.3) is 0 Å². The van der Waals surface area contributed by atoms with Crippen molar-refractivity contribution in [2.24, 2.45) is 0 Å². The molecule has 1 heteroatoms. The van der Waals surface area contributed by atoms with Gasteiger partial charge in [-0.2, -0.15) is 0 Å². The van der Waals surface area contributed by atoms with Crippen LogP contribution in [0.15, 0.2) is 42.5 Å². The van der Waals surface area contributed by atoms with E-state index in [-0.39, 0.29) is 9.52 Å². The summed E-state index contributed by atoms with van der Waals surface area (Å²) >= 11 is 0. The molecule has 0 spiro atoms. The van der Waals surface area contributed by atoms with Crippen molar-refractivity contribution >= 4 is 19.9 Å². The molecule has 0 saturated carbocycles. The maximum Gasteiger partial charge on any atom is 0.0882 e. The largest absolute Gasteiger partial charge is 0.0882 e. The Bertz CT molecular complexity index is 486. The second kappa shape index (κ2) is 4.66. The lowest BCUT2D eigenvalue weighted by atomic mass is 10.1. The van der Waals surface area contributed by atoms with Crippen molar-refractivity contribution in [2.45, 2.75) is 20.8 Å². The Morgan fingerprint density at radius 2 is 1.38 bits per heavy atom.